The molecule has 226 valence electrons. The number of nitrogens with zero attached hydrogens (tertiary/aromatic N) is 2. The van der Waals surface area contributed by atoms with Crippen molar-refractivity contribution in [2.24, 2.45) is 0 Å². The molecule has 4 rings (SSSR count). The van der Waals surface area contributed by atoms with Crippen molar-refractivity contribution in [2.45, 2.75) is 68.0 Å². The van der Waals surface area contributed by atoms with Crippen molar-refractivity contribution in [1.82, 2.24) is 14.5 Å². The lowest BCUT2D eigenvalue weighted by Gasteiger charge is -2.35. The van der Waals surface area contributed by atoms with Crippen LogP contribution in [0.5, 0.6) is 5.75 Å². The Balaban J connectivity index is 1.48. The molecule has 2 aliphatic rings. The summed E-state index contributed by atoms with van der Waals surface area (Å²) in [6, 6.07) is 4.46. The Hall–Kier alpha value is -2.84. The minimum Gasteiger partial charge on any atom is -0.493 e. The van der Waals surface area contributed by atoms with Crippen LogP contribution in [-0.4, -0.2) is 63.1 Å². The Bertz CT molecular complexity index is 1340. The van der Waals surface area contributed by atoms with E-state index in [1.807, 2.05) is 12.1 Å². The number of nitrogens with one attached hydrogen (secondary N) is 1. The van der Waals surface area contributed by atoms with Crippen molar-refractivity contribution in [2.75, 3.05) is 26.7 Å². The van der Waals surface area contributed by atoms with Gasteiger partial charge < -0.3 is 9.64 Å². The molecular weight excluding hydrogens is 576 g/mol. The van der Waals surface area contributed by atoms with Crippen LogP contribution in [0.1, 0.15) is 54.8 Å². The highest BCUT2D eigenvalue weighted by Crippen LogP contribution is 2.37. The SMILES string of the molecule is CN(C(=O)C[C@@H](NS(=O)(=O)c1cccc(C(F)(F)F)c1)C(F)(F)F)[C@@H]1CCOc2cc(CN3CCCCC3)ccc21. The van der Waals surface area contributed by atoms with Crippen LogP contribution in [0, 0.1) is 0 Å². The van der Waals surface area contributed by atoms with Gasteiger partial charge in [-0.3, -0.25) is 9.69 Å². The summed E-state index contributed by atoms with van der Waals surface area (Å²) < 4.78 is 113. The Morgan fingerprint density at radius 3 is 2.44 bits per heavy atom. The van der Waals surface area contributed by atoms with E-state index in [0.29, 0.717) is 23.8 Å². The van der Waals surface area contributed by atoms with Gasteiger partial charge in [0.25, 0.3) is 0 Å². The highest BCUT2D eigenvalue weighted by Gasteiger charge is 2.45. The summed E-state index contributed by atoms with van der Waals surface area (Å²) in [5.74, 6) is -0.456. The van der Waals surface area contributed by atoms with Gasteiger partial charge in [-0.1, -0.05) is 24.6 Å². The molecule has 0 unspecified atom stereocenters. The number of alkyl halides is 6. The van der Waals surface area contributed by atoms with Crippen LogP contribution in [-0.2, 0) is 27.5 Å². The van der Waals surface area contributed by atoms with E-state index in [-0.39, 0.29) is 12.7 Å². The summed E-state index contributed by atoms with van der Waals surface area (Å²) in [5.41, 5.74) is 0.307. The molecule has 2 aliphatic heterocycles. The Labute approximate surface area is 234 Å². The summed E-state index contributed by atoms with van der Waals surface area (Å²) in [4.78, 5) is 15.5. The van der Waals surface area contributed by atoms with Gasteiger partial charge in [-0.2, -0.15) is 31.1 Å². The molecule has 41 heavy (non-hydrogen) atoms. The maximum absolute atomic E-state index is 13.9. The summed E-state index contributed by atoms with van der Waals surface area (Å²) in [7, 11) is -3.72. The molecule has 2 aromatic carbocycles. The topological polar surface area (TPSA) is 79.0 Å². The number of hydrogen-bond acceptors (Lipinski definition) is 5. The molecule has 1 fully saturated rings. The first-order valence-electron chi connectivity index (χ1n) is 13.1. The smallest absolute Gasteiger partial charge is 0.416 e. The molecule has 7 nitrogen and oxygen atoms in total. The second kappa shape index (κ2) is 12.2. The van der Waals surface area contributed by atoms with Gasteiger partial charge in [-0.05, 0) is 55.8 Å². The summed E-state index contributed by atoms with van der Waals surface area (Å²) in [5, 5.41) is 0. The van der Waals surface area contributed by atoms with Crippen LogP contribution in [0.2, 0.25) is 0 Å². The van der Waals surface area contributed by atoms with Gasteiger partial charge >= 0.3 is 12.4 Å². The third-order valence-electron chi connectivity index (χ3n) is 7.34. The molecule has 0 aromatic heterocycles. The van der Waals surface area contributed by atoms with E-state index in [4.69, 9.17) is 4.74 Å². The zero-order valence-corrected chi connectivity index (χ0v) is 23.1. The third kappa shape index (κ3) is 7.72. The molecule has 0 aliphatic carbocycles. The number of sulfonamides is 1. The fourth-order valence-electron chi connectivity index (χ4n) is 5.10. The maximum atomic E-state index is 13.9. The van der Waals surface area contributed by atoms with Crippen molar-refractivity contribution in [1.29, 1.82) is 0 Å². The van der Waals surface area contributed by atoms with Crippen molar-refractivity contribution >= 4 is 15.9 Å². The number of ether oxygens (including phenoxy) is 1. The first kappa shape index (κ1) is 31.1. The van der Waals surface area contributed by atoms with Gasteiger partial charge in [0.15, 0.2) is 0 Å². The molecular formula is C27H31F6N3O4S. The Morgan fingerprint density at radius 2 is 1.78 bits per heavy atom. The molecule has 1 amide bonds. The number of amides is 1. The van der Waals surface area contributed by atoms with E-state index >= 15 is 0 Å². The molecule has 0 bridgehead atoms. The molecule has 0 spiro atoms. The lowest BCUT2D eigenvalue weighted by atomic mass is 9.96. The highest BCUT2D eigenvalue weighted by atomic mass is 32.2. The van der Waals surface area contributed by atoms with Gasteiger partial charge in [0.1, 0.15) is 11.8 Å². The summed E-state index contributed by atoms with van der Waals surface area (Å²) in [6.07, 6.45) is -7.60. The zero-order valence-electron chi connectivity index (χ0n) is 22.3. The van der Waals surface area contributed by atoms with E-state index in [0.717, 1.165) is 55.1 Å². The number of piperidine rings is 1. The molecule has 14 heteroatoms. The number of rotatable bonds is 8. The van der Waals surface area contributed by atoms with Crippen LogP contribution < -0.4 is 9.46 Å². The number of halogens is 6. The van der Waals surface area contributed by atoms with Gasteiger partial charge in [-0.15, -0.1) is 0 Å². The van der Waals surface area contributed by atoms with Crippen LogP contribution >= 0.6 is 0 Å². The first-order valence-corrected chi connectivity index (χ1v) is 14.6. The maximum Gasteiger partial charge on any atom is 0.416 e. The monoisotopic (exact) mass is 607 g/mol. The standard InChI is InChI=1S/C27H31F6N3O4S/c1-35(22-10-13-40-23-14-18(8-9-21(22)23)17-36-11-3-2-4-12-36)25(37)16-24(27(31,32)33)34-41(38,39)20-7-5-6-19(15-20)26(28,29)30/h5-9,14-15,22,24,34H,2-4,10-13,16-17H2,1H3/t22-,24-/m1/s1. The summed E-state index contributed by atoms with van der Waals surface area (Å²) in [6.45, 7) is 2.95. The molecule has 1 saturated heterocycles. The van der Waals surface area contributed by atoms with E-state index in [1.54, 1.807) is 6.07 Å². The van der Waals surface area contributed by atoms with Crippen LogP contribution in [0.3, 0.4) is 0 Å². The van der Waals surface area contributed by atoms with Crippen molar-refractivity contribution in [3.63, 3.8) is 0 Å². The normalized spacial score (nSPS) is 19.2. The van der Waals surface area contributed by atoms with Crippen molar-refractivity contribution in [3.8, 4) is 5.75 Å². The molecule has 1 N–H and O–H groups in total. The van der Waals surface area contributed by atoms with Gasteiger partial charge in [0.05, 0.1) is 29.5 Å². The minimum atomic E-state index is -5.19. The zero-order chi connectivity index (χ0) is 30.0. The third-order valence-corrected chi connectivity index (χ3v) is 8.81. The van der Waals surface area contributed by atoms with Gasteiger partial charge in [0, 0.05) is 25.6 Å². The largest absolute Gasteiger partial charge is 0.493 e. The number of benzene rings is 2. The lowest BCUT2D eigenvalue weighted by Crippen LogP contribution is -2.48. The van der Waals surface area contributed by atoms with Gasteiger partial charge in [-0.25, -0.2) is 8.42 Å². The average Bonchev–Trinajstić information content (AvgIpc) is 2.91. The molecule has 2 heterocycles. The molecule has 2 atom stereocenters. The predicted octanol–water partition coefficient (Wildman–Crippen LogP) is 5.27. The Kier molecular flexibility index (Phi) is 9.24. The first-order chi connectivity index (χ1) is 19.1. The Morgan fingerprint density at radius 1 is 1.07 bits per heavy atom. The van der Waals surface area contributed by atoms with E-state index in [1.165, 1.54) is 18.2 Å². The second-order valence-corrected chi connectivity index (χ2v) is 12.0. The van der Waals surface area contributed by atoms with Crippen molar-refractivity contribution in [3.05, 3.63) is 59.2 Å². The molecule has 0 radical (unpaired) electrons. The number of hydrogen-bond donors (Lipinski definition) is 1. The number of likely N-dealkylation sites (tertiary alicyclic amines) is 1. The van der Waals surface area contributed by atoms with Crippen molar-refractivity contribution < 1.29 is 44.3 Å². The van der Waals surface area contributed by atoms with Gasteiger partial charge in [0.2, 0.25) is 15.9 Å². The van der Waals surface area contributed by atoms with Crippen LogP contribution in [0.15, 0.2) is 47.4 Å². The van der Waals surface area contributed by atoms with E-state index in [9.17, 15) is 39.6 Å². The fraction of sp³-hybridized carbons (Fsp3) is 0.519. The second-order valence-electron chi connectivity index (χ2n) is 10.3. The molecule has 0 saturated carbocycles. The lowest BCUT2D eigenvalue weighted by molar-refractivity contribution is -0.161. The van der Waals surface area contributed by atoms with Crippen LogP contribution in [0.25, 0.3) is 0 Å². The number of fused-ring (bicyclic) bond motifs is 1. The average molecular weight is 608 g/mol. The van der Waals surface area contributed by atoms with E-state index < -0.39 is 57.2 Å². The fourth-order valence-corrected chi connectivity index (χ4v) is 6.37. The number of carbonyl (C=O) groups excluding carboxylic acids is 1. The molecule has 2 aromatic rings. The van der Waals surface area contributed by atoms with Crippen LogP contribution in [0.4, 0.5) is 26.3 Å². The predicted molar refractivity (Wildman–Crippen MR) is 137 cm³/mol. The number of carbonyl (C=O) groups is 1. The van der Waals surface area contributed by atoms with E-state index in [2.05, 4.69) is 4.90 Å². The minimum absolute atomic E-state index is 0.229. The highest BCUT2D eigenvalue weighted by molar-refractivity contribution is 7.89. The quantitative estimate of drug-likeness (QED) is 0.414. The summed E-state index contributed by atoms with van der Waals surface area (Å²) >= 11 is 0.